The largest absolute Gasteiger partial charge is 0.350 e. The van der Waals surface area contributed by atoms with E-state index in [-0.39, 0.29) is 12.5 Å². The number of aromatic amines is 1. The Balaban J connectivity index is 1.72. The Bertz CT molecular complexity index is 946. The van der Waals surface area contributed by atoms with Crippen molar-refractivity contribution in [2.24, 2.45) is 0 Å². The molecule has 1 aromatic heterocycles. The van der Waals surface area contributed by atoms with Gasteiger partial charge in [-0.3, -0.25) is 14.5 Å². The molecule has 0 aliphatic carbocycles. The fourth-order valence-electron chi connectivity index (χ4n) is 2.47. The molecule has 2 aromatic carbocycles. The number of aromatic nitrogens is 3. The third-order valence-electron chi connectivity index (χ3n) is 3.74. The number of hydrogen-bond donors (Lipinski definition) is 2. The molecule has 0 fully saturated rings. The predicted octanol–water partition coefficient (Wildman–Crippen LogP) is 3.89. The smallest absolute Gasteiger partial charge is 0.240 e. The first-order valence-electron chi connectivity index (χ1n) is 7.76. The van der Waals surface area contributed by atoms with Crippen molar-refractivity contribution in [1.82, 2.24) is 20.1 Å². The van der Waals surface area contributed by atoms with E-state index in [4.69, 9.17) is 23.8 Å². The number of carbonyl (C=O) groups excluding carboxylic acids is 1. The fourth-order valence-corrected chi connectivity index (χ4v) is 2.79. The van der Waals surface area contributed by atoms with Crippen molar-refractivity contribution < 1.29 is 4.79 Å². The maximum atomic E-state index is 12.3. The summed E-state index contributed by atoms with van der Waals surface area (Å²) in [7, 11) is 0. The van der Waals surface area contributed by atoms with Crippen LogP contribution in [0.2, 0.25) is 5.02 Å². The second-order valence-corrected chi connectivity index (χ2v) is 6.53. The van der Waals surface area contributed by atoms with Crippen molar-refractivity contribution in [1.29, 1.82) is 0 Å². The summed E-state index contributed by atoms with van der Waals surface area (Å²) in [4.78, 5) is 12.3. The maximum Gasteiger partial charge on any atom is 0.240 e. The molecule has 128 valence electrons. The average molecular weight is 373 g/mol. The summed E-state index contributed by atoms with van der Waals surface area (Å²) in [6.45, 7) is 2.54. The minimum atomic E-state index is -0.138. The predicted molar refractivity (Wildman–Crippen MR) is 101 cm³/mol. The zero-order chi connectivity index (χ0) is 17.8. The molecule has 0 aliphatic rings. The Kier molecular flexibility index (Phi) is 5.31. The van der Waals surface area contributed by atoms with Crippen LogP contribution in [0.15, 0.2) is 48.5 Å². The monoisotopic (exact) mass is 372 g/mol. The number of nitrogens with zero attached hydrogens (tertiary/aromatic N) is 2. The summed E-state index contributed by atoms with van der Waals surface area (Å²) in [6.07, 6.45) is 0. The summed E-state index contributed by atoms with van der Waals surface area (Å²) < 4.78 is 2.11. The van der Waals surface area contributed by atoms with E-state index < -0.39 is 0 Å². The Labute approximate surface area is 155 Å². The van der Waals surface area contributed by atoms with Crippen molar-refractivity contribution in [2.75, 3.05) is 0 Å². The lowest BCUT2D eigenvalue weighted by Gasteiger charge is -2.09. The molecule has 0 unspecified atom stereocenters. The molecule has 0 saturated carbocycles. The standard InChI is InChI=1S/C18H17ClN4OS/c1-12-3-2-4-14(9-12)17-21-22-18(25)23(17)11-16(24)20-10-13-5-7-15(19)8-6-13/h2-9H,10-11H2,1H3,(H,20,24)(H,22,25). The lowest BCUT2D eigenvalue weighted by molar-refractivity contribution is -0.121. The first-order chi connectivity index (χ1) is 12.0. The first-order valence-corrected chi connectivity index (χ1v) is 8.55. The summed E-state index contributed by atoms with van der Waals surface area (Å²) in [6, 6.07) is 15.3. The number of halogens is 1. The van der Waals surface area contributed by atoms with E-state index in [9.17, 15) is 4.79 Å². The number of hydrogen-bond acceptors (Lipinski definition) is 3. The third kappa shape index (κ3) is 4.35. The van der Waals surface area contributed by atoms with Crippen LogP contribution in [-0.4, -0.2) is 20.7 Å². The number of nitrogens with one attached hydrogen (secondary N) is 2. The van der Waals surface area contributed by atoms with Crippen molar-refractivity contribution >= 4 is 29.7 Å². The van der Waals surface area contributed by atoms with Gasteiger partial charge in [-0.05, 0) is 42.9 Å². The molecule has 25 heavy (non-hydrogen) atoms. The Morgan fingerprint density at radius 2 is 2.04 bits per heavy atom. The number of amides is 1. The zero-order valence-electron chi connectivity index (χ0n) is 13.6. The van der Waals surface area contributed by atoms with Crippen molar-refractivity contribution in [3.8, 4) is 11.4 Å². The van der Waals surface area contributed by atoms with E-state index in [1.807, 2.05) is 43.3 Å². The molecule has 0 bridgehead atoms. The van der Waals surface area contributed by atoms with Crippen LogP contribution in [0.25, 0.3) is 11.4 Å². The Hall–Kier alpha value is -2.44. The van der Waals surface area contributed by atoms with E-state index in [0.717, 1.165) is 16.7 Å². The first kappa shape index (κ1) is 17.4. The molecule has 1 amide bonds. The van der Waals surface area contributed by atoms with Gasteiger partial charge in [0, 0.05) is 17.1 Å². The minimum Gasteiger partial charge on any atom is -0.350 e. The lowest BCUT2D eigenvalue weighted by atomic mass is 10.1. The molecule has 2 N–H and O–H groups in total. The van der Waals surface area contributed by atoms with E-state index >= 15 is 0 Å². The van der Waals surface area contributed by atoms with Crippen LogP contribution >= 0.6 is 23.8 Å². The average Bonchev–Trinajstić information content (AvgIpc) is 2.95. The molecule has 1 heterocycles. The van der Waals surface area contributed by atoms with E-state index in [1.54, 1.807) is 16.7 Å². The van der Waals surface area contributed by atoms with Crippen molar-refractivity contribution in [3.63, 3.8) is 0 Å². The van der Waals surface area contributed by atoms with Crippen molar-refractivity contribution in [2.45, 2.75) is 20.0 Å². The second kappa shape index (κ2) is 7.63. The second-order valence-electron chi connectivity index (χ2n) is 5.71. The van der Waals surface area contributed by atoms with Gasteiger partial charge in [0.2, 0.25) is 5.91 Å². The van der Waals surface area contributed by atoms with Crippen LogP contribution in [-0.2, 0) is 17.9 Å². The topological polar surface area (TPSA) is 62.7 Å². The van der Waals surface area contributed by atoms with Crippen LogP contribution in [0, 0.1) is 11.7 Å². The summed E-state index contributed by atoms with van der Waals surface area (Å²) in [5.41, 5.74) is 3.01. The zero-order valence-corrected chi connectivity index (χ0v) is 15.2. The molecule has 0 aliphatic heterocycles. The molecular formula is C18H17ClN4OS. The van der Waals surface area contributed by atoms with Gasteiger partial charge in [-0.2, -0.15) is 5.10 Å². The Morgan fingerprint density at radius 3 is 2.76 bits per heavy atom. The molecule has 3 rings (SSSR count). The van der Waals surface area contributed by atoms with Gasteiger partial charge in [0.25, 0.3) is 0 Å². The summed E-state index contributed by atoms with van der Waals surface area (Å²) in [5, 5.41) is 10.6. The number of carbonyl (C=O) groups is 1. The van der Waals surface area contributed by atoms with Crippen LogP contribution in [0.5, 0.6) is 0 Å². The minimum absolute atomic E-state index is 0.103. The van der Waals surface area contributed by atoms with Crippen LogP contribution in [0.4, 0.5) is 0 Å². The highest BCUT2D eigenvalue weighted by molar-refractivity contribution is 7.71. The van der Waals surface area contributed by atoms with E-state index in [2.05, 4.69) is 15.5 Å². The van der Waals surface area contributed by atoms with Gasteiger partial charge in [-0.1, -0.05) is 47.5 Å². The molecule has 7 heteroatoms. The van der Waals surface area contributed by atoms with Crippen LogP contribution in [0.1, 0.15) is 11.1 Å². The molecule has 3 aromatic rings. The highest BCUT2D eigenvalue weighted by atomic mass is 35.5. The fraction of sp³-hybridized carbons (Fsp3) is 0.167. The quantitative estimate of drug-likeness (QED) is 0.668. The number of H-pyrrole nitrogens is 1. The Morgan fingerprint density at radius 1 is 1.28 bits per heavy atom. The van der Waals surface area contributed by atoms with Gasteiger partial charge < -0.3 is 5.32 Å². The van der Waals surface area contributed by atoms with Gasteiger partial charge in [0.15, 0.2) is 10.6 Å². The summed E-state index contributed by atoms with van der Waals surface area (Å²) in [5.74, 6) is 0.511. The highest BCUT2D eigenvalue weighted by Gasteiger charge is 2.12. The summed E-state index contributed by atoms with van der Waals surface area (Å²) >= 11 is 11.1. The maximum absolute atomic E-state index is 12.3. The van der Waals surface area contributed by atoms with Crippen LogP contribution in [0.3, 0.4) is 0 Å². The van der Waals surface area contributed by atoms with Gasteiger partial charge in [0.05, 0.1) is 0 Å². The number of rotatable bonds is 5. The van der Waals surface area contributed by atoms with E-state index in [0.29, 0.717) is 22.2 Å². The lowest BCUT2D eigenvalue weighted by Crippen LogP contribution is -2.27. The number of benzene rings is 2. The van der Waals surface area contributed by atoms with E-state index in [1.165, 1.54) is 0 Å². The van der Waals surface area contributed by atoms with Crippen molar-refractivity contribution in [3.05, 3.63) is 69.5 Å². The highest BCUT2D eigenvalue weighted by Crippen LogP contribution is 2.18. The molecular weight excluding hydrogens is 356 g/mol. The molecule has 0 atom stereocenters. The molecule has 0 radical (unpaired) electrons. The molecule has 5 nitrogen and oxygen atoms in total. The van der Waals surface area contributed by atoms with Gasteiger partial charge in [-0.15, -0.1) is 0 Å². The van der Waals surface area contributed by atoms with Gasteiger partial charge in [-0.25, -0.2) is 0 Å². The molecule has 0 spiro atoms. The van der Waals surface area contributed by atoms with Gasteiger partial charge >= 0.3 is 0 Å². The van der Waals surface area contributed by atoms with Crippen LogP contribution < -0.4 is 5.32 Å². The normalized spacial score (nSPS) is 10.6. The SMILES string of the molecule is Cc1cccc(-c2n[nH]c(=S)n2CC(=O)NCc2ccc(Cl)cc2)c1. The third-order valence-corrected chi connectivity index (χ3v) is 4.30. The number of aryl methyl sites for hydroxylation is 1. The van der Waals surface area contributed by atoms with Gasteiger partial charge in [0.1, 0.15) is 6.54 Å². The molecule has 0 saturated heterocycles.